The molecule has 0 bridgehead atoms. The van der Waals surface area contributed by atoms with Crippen LogP contribution in [0.25, 0.3) is 0 Å². The maximum absolute atomic E-state index is 2.46. The van der Waals surface area contributed by atoms with Gasteiger partial charge < -0.3 is 0 Å². The summed E-state index contributed by atoms with van der Waals surface area (Å²) in [6, 6.07) is 0. The van der Waals surface area contributed by atoms with Crippen LogP contribution in [0.1, 0.15) is 207 Å². The second-order valence-electron chi connectivity index (χ2n) is 13.4. The van der Waals surface area contributed by atoms with Crippen LogP contribution in [0.15, 0.2) is 48.6 Å². The molecule has 0 amide bonds. The molecular formula is C42H78. The van der Waals surface area contributed by atoms with Gasteiger partial charge in [-0.3, -0.25) is 0 Å². The Hall–Kier alpha value is -1.04. The fourth-order valence-corrected chi connectivity index (χ4v) is 5.87. The number of unbranched alkanes of at least 4 members (excludes halogenated alkanes) is 20. The first-order chi connectivity index (χ1) is 20.7. The van der Waals surface area contributed by atoms with Gasteiger partial charge in [-0.25, -0.2) is 0 Å². The molecule has 0 saturated heterocycles. The maximum atomic E-state index is 2.46. The van der Waals surface area contributed by atoms with Gasteiger partial charge in [0, 0.05) is 0 Å². The van der Waals surface area contributed by atoms with Gasteiger partial charge in [-0.1, -0.05) is 166 Å². The standard InChI is InChI=1S/C42H78/c1-5-7-9-11-13-15-17-19-21-23-25-27-29-31-33-35-37-39-42(41(3)4)40-38-36-34-32-30-28-26-24-22-20-18-16-14-12-10-8-6-2/h23-26,33-36,41-42H,5-22,27-32,37-40H2,1-4H3/b25-23+,26-24+,35-33+,36-34+. The molecule has 0 N–H and O–H groups in total. The smallest absolute Gasteiger partial charge is 0.0348 e. The van der Waals surface area contributed by atoms with Gasteiger partial charge in [0.2, 0.25) is 0 Å². The Morgan fingerprint density at radius 2 is 0.571 bits per heavy atom. The van der Waals surface area contributed by atoms with Crippen LogP contribution in [-0.2, 0) is 0 Å². The van der Waals surface area contributed by atoms with E-state index >= 15 is 0 Å². The van der Waals surface area contributed by atoms with E-state index < -0.39 is 0 Å². The van der Waals surface area contributed by atoms with E-state index in [9.17, 15) is 0 Å². The molecule has 0 aliphatic rings. The molecule has 0 heterocycles. The van der Waals surface area contributed by atoms with Gasteiger partial charge in [0.1, 0.15) is 0 Å². The average Bonchev–Trinajstić information content (AvgIpc) is 2.99. The minimum atomic E-state index is 0.796. The monoisotopic (exact) mass is 583 g/mol. The lowest BCUT2D eigenvalue weighted by atomic mass is 9.87. The van der Waals surface area contributed by atoms with E-state index in [2.05, 4.69) is 76.3 Å². The first kappa shape index (κ1) is 41.0. The second-order valence-corrected chi connectivity index (χ2v) is 13.4. The van der Waals surface area contributed by atoms with Gasteiger partial charge >= 0.3 is 0 Å². The predicted molar refractivity (Wildman–Crippen MR) is 196 cm³/mol. The van der Waals surface area contributed by atoms with E-state index in [4.69, 9.17) is 0 Å². The second kappa shape index (κ2) is 36.2. The van der Waals surface area contributed by atoms with Crippen LogP contribution in [0.3, 0.4) is 0 Å². The van der Waals surface area contributed by atoms with Crippen molar-refractivity contribution in [3.05, 3.63) is 48.6 Å². The molecule has 0 rings (SSSR count). The third kappa shape index (κ3) is 33.5. The van der Waals surface area contributed by atoms with Crippen LogP contribution >= 0.6 is 0 Å². The summed E-state index contributed by atoms with van der Waals surface area (Å²) in [4.78, 5) is 0. The molecule has 0 aliphatic carbocycles. The van der Waals surface area contributed by atoms with Crippen LogP contribution in [0.4, 0.5) is 0 Å². The minimum absolute atomic E-state index is 0.796. The van der Waals surface area contributed by atoms with Gasteiger partial charge in [-0.2, -0.15) is 0 Å². The molecule has 0 aromatic rings. The lowest BCUT2D eigenvalue weighted by Gasteiger charge is -2.19. The van der Waals surface area contributed by atoms with Crippen molar-refractivity contribution >= 4 is 0 Å². The molecule has 0 aromatic carbocycles. The van der Waals surface area contributed by atoms with Crippen LogP contribution < -0.4 is 0 Å². The lowest BCUT2D eigenvalue weighted by molar-refractivity contribution is 0.341. The molecule has 0 radical (unpaired) electrons. The Morgan fingerprint density at radius 3 is 0.881 bits per heavy atom. The number of hydrogen-bond donors (Lipinski definition) is 0. The minimum Gasteiger partial charge on any atom is -0.0885 e. The molecule has 0 unspecified atom stereocenters. The number of hydrogen-bond acceptors (Lipinski definition) is 0. The van der Waals surface area contributed by atoms with E-state index in [0.717, 1.165) is 11.8 Å². The van der Waals surface area contributed by atoms with Crippen molar-refractivity contribution in [1.29, 1.82) is 0 Å². The normalized spacial score (nSPS) is 12.6. The fraction of sp³-hybridized carbons (Fsp3) is 0.810. The fourth-order valence-electron chi connectivity index (χ4n) is 5.87. The molecule has 0 nitrogen and oxygen atoms in total. The van der Waals surface area contributed by atoms with E-state index in [1.165, 1.54) is 180 Å². The highest BCUT2D eigenvalue weighted by Crippen LogP contribution is 2.23. The predicted octanol–water partition coefficient (Wildman–Crippen LogP) is 15.4. The summed E-state index contributed by atoms with van der Waals surface area (Å²) in [7, 11) is 0. The Morgan fingerprint density at radius 1 is 0.310 bits per heavy atom. The lowest BCUT2D eigenvalue weighted by Crippen LogP contribution is -2.08. The summed E-state index contributed by atoms with van der Waals surface area (Å²) < 4.78 is 0. The quantitative estimate of drug-likeness (QED) is 0.0533. The van der Waals surface area contributed by atoms with E-state index in [1.807, 2.05) is 0 Å². The SMILES string of the molecule is CCCCCCCCCC/C=C/CCC/C=C/CCC(CC/C=C/CCC/C=C/CCCCCCCCCC)C(C)C. The van der Waals surface area contributed by atoms with E-state index in [0.29, 0.717) is 0 Å². The van der Waals surface area contributed by atoms with Crippen LogP contribution in [-0.4, -0.2) is 0 Å². The maximum Gasteiger partial charge on any atom is -0.0348 e. The van der Waals surface area contributed by atoms with Crippen LogP contribution in [0, 0.1) is 11.8 Å². The molecule has 0 fully saturated rings. The molecule has 0 heteroatoms. The highest BCUT2D eigenvalue weighted by Gasteiger charge is 2.11. The topological polar surface area (TPSA) is 0 Å². The highest BCUT2D eigenvalue weighted by molar-refractivity contribution is 4.88. The van der Waals surface area contributed by atoms with Crippen LogP contribution in [0.5, 0.6) is 0 Å². The first-order valence-corrected chi connectivity index (χ1v) is 19.3. The average molecular weight is 583 g/mol. The van der Waals surface area contributed by atoms with E-state index in [-0.39, 0.29) is 0 Å². The Balaban J connectivity index is 3.61. The van der Waals surface area contributed by atoms with Crippen molar-refractivity contribution in [1.82, 2.24) is 0 Å². The van der Waals surface area contributed by atoms with Crippen molar-refractivity contribution in [3.8, 4) is 0 Å². The Bertz CT molecular complexity index is 554. The van der Waals surface area contributed by atoms with Gasteiger partial charge in [0.15, 0.2) is 0 Å². The van der Waals surface area contributed by atoms with Crippen molar-refractivity contribution in [3.63, 3.8) is 0 Å². The van der Waals surface area contributed by atoms with E-state index in [1.54, 1.807) is 0 Å². The molecule has 0 aromatic heterocycles. The molecule has 0 atom stereocenters. The van der Waals surface area contributed by atoms with Crippen molar-refractivity contribution in [2.45, 2.75) is 207 Å². The summed E-state index contributed by atoms with van der Waals surface area (Å²) in [5.41, 5.74) is 0. The zero-order valence-electron chi connectivity index (χ0n) is 29.6. The number of rotatable bonds is 33. The van der Waals surface area contributed by atoms with Gasteiger partial charge in [-0.15, -0.1) is 0 Å². The summed E-state index contributed by atoms with van der Waals surface area (Å²) in [5.74, 6) is 1.65. The molecule has 42 heavy (non-hydrogen) atoms. The Kier molecular flexibility index (Phi) is 35.3. The summed E-state index contributed by atoms with van der Waals surface area (Å²) in [6.45, 7) is 9.42. The third-order valence-corrected chi connectivity index (χ3v) is 8.95. The van der Waals surface area contributed by atoms with Crippen LogP contribution in [0.2, 0.25) is 0 Å². The number of allylic oxidation sites excluding steroid dienone is 8. The summed E-state index contributed by atoms with van der Waals surface area (Å²) in [5, 5.41) is 0. The van der Waals surface area contributed by atoms with Gasteiger partial charge in [0.05, 0.1) is 0 Å². The van der Waals surface area contributed by atoms with Gasteiger partial charge in [0.25, 0.3) is 0 Å². The molecule has 0 spiro atoms. The highest BCUT2D eigenvalue weighted by atomic mass is 14.2. The first-order valence-electron chi connectivity index (χ1n) is 19.3. The third-order valence-electron chi connectivity index (χ3n) is 8.95. The zero-order chi connectivity index (χ0) is 30.6. The van der Waals surface area contributed by atoms with Crippen molar-refractivity contribution in [2.24, 2.45) is 11.8 Å². The summed E-state index contributed by atoms with van der Waals surface area (Å²) in [6.07, 6.45) is 57.6. The largest absolute Gasteiger partial charge is 0.0885 e. The molecular weight excluding hydrogens is 504 g/mol. The van der Waals surface area contributed by atoms with Crippen molar-refractivity contribution in [2.75, 3.05) is 0 Å². The van der Waals surface area contributed by atoms with Crippen molar-refractivity contribution < 1.29 is 0 Å². The molecule has 246 valence electrons. The summed E-state index contributed by atoms with van der Waals surface area (Å²) >= 11 is 0. The Labute approximate surface area is 267 Å². The molecule has 0 saturated carbocycles. The zero-order valence-corrected chi connectivity index (χ0v) is 29.6. The van der Waals surface area contributed by atoms with Gasteiger partial charge in [-0.05, 0) is 102 Å². The molecule has 0 aliphatic heterocycles.